The topological polar surface area (TPSA) is 58.1 Å². The highest BCUT2D eigenvalue weighted by Crippen LogP contribution is 2.23. The molecule has 84 valence electrons. The van der Waals surface area contributed by atoms with E-state index in [0.717, 1.165) is 11.0 Å². The molecular weight excluding hydrogens is 216 g/mol. The molecule has 4 nitrogen and oxygen atoms in total. The number of phenols is 1. The van der Waals surface area contributed by atoms with E-state index in [-0.39, 0.29) is 5.75 Å². The molecule has 0 saturated heterocycles. The van der Waals surface area contributed by atoms with Crippen LogP contribution in [0.4, 0.5) is 0 Å². The Bertz CT molecular complexity index is 611. The first-order chi connectivity index (χ1) is 8.31. The van der Waals surface area contributed by atoms with Gasteiger partial charge in [-0.2, -0.15) is 4.98 Å². The van der Waals surface area contributed by atoms with Gasteiger partial charge in [0.1, 0.15) is 11.5 Å². The largest absolute Gasteiger partial charge is 0.508 e. The molecule has 0 saturated carbocycles. The van der Waals surface area contributed by atoms with Gasteiger partial charge in [0.05, 0.1) is 11.0 Å². The molecule has 1 aromatic heterocycles. The van der Waals surface area contributed by atoms with Crippen LogP contribution in [0.2, 0.25) is 0 Å². The number of aromatic hydroxyl groups is 1. The summed E-state index contributed by atoms with van der Waals surface area (Å²) in [4.78, 5) is 7.35. The van der Waals surface area contributed by atoms with Gasteiger partial charge in [0.15, 0.2) is 0 Å². The lowest BCUT2D eigenvalue weighted by Crippen LogP contribution is -1.84. The van der Waals surface area contributed by atoms with Crippen molar-refractivity contribution in [3.8, 4) is 17.5 Å². The van der Waals surface area contributed by atoms with Crippen molar-refractivity contribution in [2.75, 3.05) is 0 Å². The van der Waals surface area contributed by atoms with Crippen LogP contribution in [0.1, 0.15) is 0 Å². The molecule has 0 atom stereocenters. The van der Waals surface area contributed by atoms with Crippen LogP contribution >= 0.6 is 0 Å². The molecule has 3 aromatic rings. The molecule has 0 fully saturated rings. The minimum Gasteiger partial charge on any atom is -0.508 e. The molecule has 0 unspecified atom stereocenters. The first-order valence-electron chi connectivity index (χ1n) is 5.23. The highest BCUT2D eigenvalue weighted by atomic mass is 16.5. The van der Waals surface area contributed by atoms with Crippen LogP contribution in [-0.2, 0) is 0 Å². The fourth-order valence-electron chi connectivity index (χ4n) is 1.60. The fraction of sp³-hybridized carbons (Fsp3) is 0. The van der Waals surface area contributed by atoms with Gasteiger partial charge in [0.2, 0.25) is 0 Å². The number of imidazole rings is 1. The van der Waals surface area contributed by atoms with Crippen molar-refractivity contribution in [3.05, 3.63) is 48.5 Å². The third-order valence-electron chi connectivity index (χ3n) is 2.42. The maximum Gasteiger partial charge on any atom is 0.300 e. The van der Waals surface area contributed by atoms with Gasteiger partial charge in [-0.25, -0.2) is 0 Å². The summed E-state index contributed by atoms with van der Waals surface area (Å²) in [6, 6.07) is 14.7. The third-order valence-corrected chi connectivity index (χ3v) is 2.42. The van der Waals surface area contributed by atoms with E-state index in [0.29, 0.717) is 11.8 Å². The van der Waals surface area contributed by atoms with Crippen LogP contribution in [0.5, 0.6) is 17.5 Å². The number of rotatable bonds is 2. The molecule has 0 spiro atoms. The smallest absolute Gasteiger partial charge is 0.300 e. The number of aromatic nitrogens is 2. The quantitative estimate of drug-likeness (QED) is 0.706. The van der Waals surface area contributed by atoms with E-state index in [1.54, 1.807) is 24.3 Å². The average molecular weight is 226 g/mol. The molecule has 0 aliphatic carbocycles. The summed E-state index contributed by atoms with van der Waals surface area (Å²) >= 11 is 0. The molecule has 1 heterocycles. The number of benzene rings is 2. The molecule has 0 bridgehead atoms. The Morgan fingerprint density at radius 3 is 2.53 bits per heavy atom. The molecule has 2 N–H and O–H groups in total. The van der Waals surface area contributed by atoms with Crippen molar-refractivity contribution in [1.29, 1.82) is 0 Å². The van der Waals surface area contributed by atoms with Crippen LogP contribution in [0.3, 0.4) is 0 Å². The molecular formula is C13H10N2O2. The van der Waals surface area contributed by atoms with E-state index in [4.69, 9.17) is 9.84 Å². The van der Waals surface area contributed by atoms with Crippen molar-refractivity contribution >= 4 is 11.0 Å². The number of hydrogen-bond donors (Lipinski definition) is 2. The van der Waals surface area contributed by atoms with E-state index < -0.39 is 0 Å². The number of hydrogen-bond acceptors (Lipinski definition) is 3. The van der Waals surface area contributed by atoms with Gasteiger partial charge in [0, 0.05) is 0 Å². The van der Waals surface area contributed by atoms with Gasteiger partial charge in [-0.05, 0) is 36.4 Å². The Hall–Kier alpha value is -2.49. The van der Waals surface area contributed by atoms with Gasteiger partial charge in [0.25, 0.3) is 6.01 Å². The van der Waals surface area contributed by atoms with Gasteiger partial charge in [-0.3, -0.25) is 0 Å². The summed E-state index contributed by atoms with van der Waals surface area (Å²) in [6.45, 7) is 0. The molecule has 0 amide bonds. The lowest BCUT2D eigenvalue weighted by atomic mass is 10.3. The van der Waals surface area contributed by atoms with Crippen LogP contribution in [0.15, 0.2) is 48.5 Å². The van der Waals surface area contributed by atoms with Gasteiger partial charge in [-0.1, -0.05) is 12.1 Å². The van der Waals surface area contributed by atoms with E-state index >= 15 is 0 Å². The summed E-state index contributed by atoms with van der Waals surface area (Å²) in [6.07, 6.45) is 0. The number of H-pyrrole nitrogens is 1. The number of aromatic amines is 1. The Labute approximate surface area is 97.5 Å². The highest BCUT2D eigenvalue weighted by Gasteiger charge is 2.03. The first-order valence-corrected chi connectivity index (χ1v) is 5.23. The fourth-order valence-corrected chi connectivity index (χ4v) is 1.60. The van der Waals surface area contributed by atoms with E-state index in [2.05, 4.69) is 9.97 Å². The Morgan fingerprint density at radius 2 is 1.76 bits per heavy atom. The maximum atomic E-state index is 9.16. The van der Waals surface area contributed by atoms with Crippen LogP contribution in [0.25, 0.3) is 11.0 Å². The number of ether oxygens (including phenoxy) is 1. The van der Waals surface area contributed by atoms with Gasteiger partial charge < -0.3 is 14.8 Å². The first kappa shape index (κ1) is 9.72. The predicted octanol–water partition coefficient (Wildman–Crippen LogP) is 3.06. The monoisotopic (exact) mass is 226 g/mol. The minimum atomic E-state index is 0.210. The lowest BCUT2D eigenvalue weighted by Gasteiger charge is -2.00. The van der Waals surface area contributed by atoms with Gasteiger partial charge in [-0.15, -0.1) is 0 Å². The average Bonchev–Trinajstić information content (AvgIpc) is 2.74. The van der Waals surface area contributed by atoms with Crippen molar-refractivity contribution in [1.82, 2.24) is 9.97 Å². The molecule has 0 radical (unpaired) electrons. The second kappa shape index (κ2) is 3.83. The third kappa shape index (κ3) is 1.92. The summed E-state index contributed by atoms with van der Waals surface area (Å²) in [5.74, 6) is 0.837. The van der Waals surface area contributed by atoms with Crippen LogP contribution < -0.4 is 4.74 Å². The van der Waals surface area contributed by atoms with Gasteiger partial charge >= 0.3 is 0 Å². The van der Waals surface area contributed by atoms with Crippen molar-refractivity contribution in [3.63, 3.8) is 0 Å². The zero-order valence-corrected chi connectivity index (χ0v) is 8.92. The SMILES string of the molecule is Oc1ccc(Oc2nc3ccccc3[nH]2)cc1. The summed E-state index contributed by atoms with van der Waals surface area (Å²) in [5.41, 5.74) is 1.79. The Kier molecular flexibility index (Phi) is 2.19. The molecule has 0 aliphatic rings. The molecule has 3 rings (SSSR count). The second-order valence-corrected chi connectivity index (χ2v) is 3.66. The molecule has 4 heteroatoms. The second-order valence-electron chi connectivity index (χ2n) is 3.66. The van der Waals surface area contributed by atoms with Crippen molar-refractivity contribution in [2.24, 2.45) is 0 Å². The number of para-hydroxylation sites is 2. The number of phenolic OH excluding ortho intramolecular Hbond substituents is 1. The van der Waals surface area contributed by atoms with Crippen molar-refractivity contribution in [2.45, 2.75) is 0 Å². The summed E-state index contributed by atoms with van der Waals surface area (Å²) in [5, 5.41) is 9.16. The minimum absolute atomic E-state index is 0.210. The van der Waals surface area contributed by atoms with Crippen LogP contribution in [-0.4, -0.2) is 15.1 Å². The van der Waals surface area contributed by atoms with E-state index in [9.17, 15) is 0 Å². The zero-order chi connectivity index (χ0) is 11.7. The highest BCUT2D eigenvalue weighted by molar-refractivity contribution is 5.75. The van der Waals surface area contributed by atoms with E-state index in [1.807, 2.05) is 24.3 Å². The number of fused-ring (bicyclic) bond motifs is 1. The number of nitrogens with one attached hydrogen (secondary N) is 1. The Balaban J connectivity index is 1.92. The summed E-state index contributed by atoms with van der Waals surface area (Å²) in [7, 11) is 0. The molecule has 0 aliphatic heterocycles. The van der Waals surface area contributed by atoms with E-state index in [1.165, 1.54) is 0 Å². The normalized spacial score (nSPS) is 10.6. The summed E-state index contributed by atoms with van der Waals surface area (Å²) < 4.78 is 5.54. The number of nitrogens with zero attached hydrogens (tertiary/aromatic N) is 1. The standard InChI is InChI=1S/C13H10N2O2/c16-9-5-7-10(8-6-9)17-13-14-11-3-1-2-4-12(11)15-13/h1-8,16H,(H,14,15). The maximum absolute atomic E-state index is 9.16. The predicted molar refractivity (Wildman–Crippen MR) is 64.3 cm³/mol. The Morgan fingerprint density at radius 1 is 1.00 bits per heavy atom. The lowest BCUT2D eigenvalue weighted by molar-refractivity contribution is 0.443. The molecule has 17 heavy (non-hydrogen) atoms. The zero-order valence-electron chi connectivity index (χ0n) is 8.92. The molecule has 2 aromatic carbocycles. The van der Waals surface area contributed by atoms with Crippen LogP contribution in [0, 0.1) is 0 Å². The van der Waals surface area contributed by atoms with Crippen molar-refractivity contribution < 1.29 is 9.84 Å².